The standard InChI is InChI=1S/C15H19N3O3/c1-3-15(4-2,13(19)20)10-17-14(21)18-12-8-6-5-7-11(12)9-16/h5-8H,3-4,10H2,1-2H3,(H,19,20)(H2,17,18,21). The van der Waals surface area contributed by atoms with E-state index < -0.39 is 17.4 Å². The van der Waals surface area contributed by atoms with Gasteiger partial charge in [-0.3, -0.25) is 4.79 Å². The number of carboxylic acids is 1. The van der Waals surface area contributed by atoms with Crippen molar-refractivity contribution in [2.45, 2.75) is 26.7 Å². The predicted octanol–water partition coefficient (Wildman–Crippen LogP) is 2.57. The number of anilines is 1. The Hall–Kier alpha value is -2.55. The first-order valence-electron chi connectivity index (χ1n) is 6.76. The number of nitrogens with one attached hydrogen (secondary N) is 2. The maximum absolute atomic E-state index is 11.9. The van der Waals surface area contributed by atoms with Crippen molar-refractivity contribution in [3.8, 4) is 6.07 Å². The molecular formula is C15H19N3O3. The zero-order valence-electron chi connectivity index (χ0n) is 12.1. The number of benzene rings is 1. The fraction of sp³-hybridized carbons (Fsp3) is 0.400. The Labute approximate surface area is 123 Å². The van der Waals surface area contributed by atoms with Crippen LogP contribution < -0.4 is 10.6 Å². The van der Waals surface area contributed by atoms with Gasteiger partial charge in [-0.15, -0.1) is 0 Å². The molecule has 3 N–H and O–H groups in total. The third-order valence-electron chi connectivity index (χ3n) is 3.69. The number of amides is 2. The average Bonchev–Trinajstić information content (AvgIpc) is 2.49. The van der Waals surface area contributed by atoms with Gasteiger partial charge in [-0.1, -0.05) is 26.0 Å². The zero-order chi connectivity index (χ0) is 15.9. The number of nitrogens with zero attached hydrogens (tertiary/aromatic N) is 1. The van der Waals surface area contributed by atoms with Gasteiger partial charge >= 0.3 is 12.0 Å². The molecule has 0 aliphatic rings. The molecule has 6 heteroatoms. The summed E-state index contributed by atoms with van der Waals surface area (Å²) in [6.07, 6.45) is 0.849. The first-order chi connectivity index (χ1) is 9.99. The van der Waals surface area contributed by atoms with Crippen LogP contribution in [0.3, 0.4) is 0 Å². The van der Waals surface area contributed by atoms with E-state index in [1.807, 2.05) is 6.07 Å². The Morgan fingerprint density at radius 2 is 1.90 bits per heavy atom. The quantitative estimate of drug-likeness (QED) is 0.748. The number of rotatable bonds is 6. The van der Waals surface area contributed by atoms with E-state index in [1.54, 1.807) is 38.1 Å². The summed E-state index contributed by atoms with van der Waals surface area (Å²) in [6, 6.07) is 8.06. The summed E-state index contributed by atoms with van der Waals surface area (Å²) in [5, 5.41) is 23.4. The summed E-state index contributed by atoms with van der Waals surface area (Å²) in [4.78, 5) is 23.2. The van der Waals surface area contributed by atoms with Crippen LogP contribution in [0.25, 0.3) is 0 Å². The first-order valence-corrected chi connectivity index (χ1v) is 6.76. The van der Waals surface area contributed by atoms with E-state index in [-0.39, 0.29) is 6.54 Å². The molecule has 0 saturated heterocycles. The van der Waals surface area contributed by atoms with Crippen LogP contribution in [0, 0.1) is 16.7 Å². The Bertz CT molecular complexity index is 560. The Morgan fingerprint density at radius 3 is 2.43 bits per heavy atom. The fourth-order valence-corrected chi connectivity index (χ4v) is 1.98. The summed E-state index contributed by atoms with van der Waals surface area (Å²) < 4.78 is 0. The summed E-state index contributed by atoms with van der Waals surface area (Å²) in [6.45, 7) is 3.60. The number of aliphatic carboxylic acids is 1. The number of carbonyl (C=O) groups excluding carboxylic acids is 1. The third kappa shape index (κ3) is 3.96. The molecule has 21 heavy (non-hydrogen) atoms. The van der Waals surface area contributed by atoms with E-state index in [9.17, 15) is 14.7 Å². The van der Waals surface area contributed by atoms with Gasteiger partial charge in [0.2, 0.25) is 0 Å². The van der Waals surface area contributed by atoms with Gasteiger partial charge in [0.05, 0.1) is 16.7 Å². The zero-order valence-corrected chi connectivity index (χ0v) is 12.1. The van der Waals surface area contributed by atoms with Crippen molar-refractivity contribution in [1.82, 2.24) is 5.32 Å². The number of hydrogen-bond acceptors (Lipinski definition) is 3. The number of carboxylic acid groups (broad SMARTS) is 1. The van der Waals surface area contributed by atoms with Gasteiger partial charge < -0.3 is 15.7 Å². The second kappa shape index (κ2) is 7.29. The van der Waals surface area contributed by atoms with E-state index in [0.717, 1.165) is 0 Å². The molecule has 0 aliphatic carbocycles. The molecule has 0 bridgehead atoms. The van der Waals surface area contributed by atoms with E-state index in [4.69, 9.17) is 5.26 Å². The molecule has 0 aromatic heterocycles. The number of hydrogen-bond donors (Lipinski definition) is 3. The Kier molecular flexibility index (Phi) is 5.73. The van der Waals surface area contributed by atoms with Gasteiger partial charge in [0.25, 0.3) is 0 Å². The summed E-state index contributed by atoms with van der Waals surface area (Å²) in [5.41, 5.74) is -0.221. The highest BCUT2D eigenvalue weighted by Gasteiger charge is 2.35. The first kappa shape index (κ1) is 16.5. The SMILES string of the molecule is CCC(CC)(CNC(=O)Nc1ccccc1C#N)C(=O)O. The summed E-state index contributed by atoms with van der Waals surface area (Å²) >= 11 is 0. The molecule has 0 saturated carbocycles. The molecule has 0 spiro atoms. The lowest BCUT2D eigenvalue weighted by Crippen LogP contribution is -2.43. The molecule has 0 radical (unpaired) electrons. The maximum Gasteiger partial charge on any atom is 0.319 e. The molecule has 112 valence electrons. The molecule has 0 unspecified atom stereocenters. The van der Waals surface area contributed by atoms with Crippen molar-refractivity contribution in [2.24, 2.45) is 5.41 Å². The third-order valence-corrected chi connectivity index (χ3v) is 3.69. The highest BCUT2D eigenvalue weighted by atomic mass is 16.4. The highest BCUT2D eigenvalue weighted by molar-refractivity contribution is 5.91. The normalized spacial score (nSPS) is 10.5. The van der Waals surface area contributed by atoms with Gasteiger partial charge in [-0.25, -0.2) is 4.79 Å². The van der Waals surface area contributed by atoms with Crippen LogP contribution in [0.5, 0.6) is 0 Å². The minimum Gasteiger partial charge on any atom is -0.481 e. The van der Waals surface area contributed by atoms with Crippen molar-refractivity contribution in [1.29, 1.82) is 5.26 Å². The molecular weight excluding hydrogens is 270 g/mol. The Morgan fingerprint density at radius 1 is 1.29 bits per heavy atom. The Balaban J connectivity index is 2.70. The highest BCUT2D eigenvalue weighted by Crippen LogP contribution is 2.25. The van der Waals surface area contributed by atoms with Gasteiger partial charge in [-0.2, -0.15) is 5.26 Å². The van der Waals surface area contributed by atoms with Crippen LogP contribution in [0.15, 0.2) is 24.3 Å². The van der Waals surface area contributed by atoms with Crippen LogP contribution in [0.2, 0.25) is 0 Å². The molecule has 0 fully saturated rings. The molecule has 1 rings (SSSR count). The molecule has 0 atom stereocenters. The molecule has 1 aromatic rings. The molecule has 2 amide bonds. The number of para-hydroxylation sites is 1. The number of urea groups is 1. The van der Waals surface area contributed by atoms with Gasteiger partial charge in [0.1, 0.15) is 6.07 Å². The second-order valence-electron chi connectivity index (χ2n) is 4.76. The minimum absolute atomic E-state index is 0.0376. The number of carbonyl (C=O) groups is 2. The monoisotopic (exact) mass is 289 g/mol. The minimum atomic E-state index is -0.966. The van der Waals surface area contributed by atoms with Crippen molar-refractivity contribution in [3.05, 3.63) is 29.8 Å². The largest absolute Gasteiger partial charge is 0.481 e. The lowest BCUT2D eigenvalue weighted by atomic mass is 9.82. The van der Waals surface area contributed by atoms with E-state index >= 15 is 0 Å². The molecule has 0 aliphatic heterocycles. The van der Waals surface area contributed by atoms with Gasteiger partial charge in [-0.05, 0) is 25.0 Å². The fourth-order valence-electron chi connectivity index (χ4n) is 1.98. The van der Waals surface area contributed by atoms with Crippen LogP contribution in [0.4, 0.5) is 10.5 Å². The van der Waals surface area contributed by atoms with Crippen molar-refractivity contribution < 1.29 is 14.7 Å². The van der Waals surface area contributed by atoms with Crippen LogP contribution in [0.1, 0.15) is 32.3 Å². The number of nitriles is 1. The van der Waals surface area contributed by atoms with Crippen LogP contribution in [-0.2, 0) is 4.79 Å². The van der Waals surface area contributed by atoms with E-state index in [1.165, 1.54) is 0 Å². The van der Waals surface area contributed by atoms with Crippen LogP contribution in [-0.4, -0.2) is 23.7 Å². The molecule has 0 heterocycles. The van der Waals surface area contributed by atoms with Crippen molar-refractivity contribution >= 4 is 17.7 Å². The second-order valence-corrected chi connectivity index (χ2v) is 4.76. The van der Waals surface area contributed by atoms with Crippen molar-refractivity contribution in [3.63, 3.8) is 0 Å². The van der Waals surface area contributed by atoms with E-state index in [2.05, 4.69) is 10.6 Å². The molecule has 6 nitrogen and oxygen atoms in total. The van der Waals surface area contributed by atoms with Crippen LogP contribution >= 0.6 is 0 Å². The maximum atomic E-state index is 11.9. The lowest BCUT2D eigenvalue weighted by molar-refractivity contribution is -0.149. The van der Waals surface area contributed by atoms with Gasteiger partial charge in [0, 0.05) is 6.54 Å². The summed E-state index contributed by atoms with van der Waals surface area (Å²) in [7, 11) is 0. The summed E-state index contributed by atoms with van der Waals surface area (Å²) in [5.74, 6) is -0.926. The van der Waals surface area contributed by atoms with E-state index in [0.29, 0.717) is 24.1 Å². The van der Waals surface area contributed by atoms with Gasteiger partial charge in [0.15, 0.2) is 0 Å². The molecule has 1 aromatic carbocycles. The average molecular weight is 289 g/mol. The topological polar surface area (TPSA) is 102 Å². The smallest absolute Gasteiger partial charge is 0.319 e. The lowest BCUT2D eigenvalue weighted by Gasteiger charge is -2.26. The predicted molar refractivity (Wildman–Crippen MR) is 78.8 cm³/mol. The van der Waals surface area contributed by atoms with Crippen molar-refractivity contribution in [2.75, 3.05) is 11.9 Å².